The number of β-lactam (4-membered cyclic amide) rings is 1. The van der Waals surface area contributed by atoms with Crippen molar-refractivity contribution in [3.05, 3.63) is 11.3 Å². The summed E-state index contributed by atoms with van der Waals surface area (Å²) in [6, 6.07) is -2.32. The number of fused-ring (bicyclic) bond motifs is 1. The Balaban J connectivity index is 0.00000578. The van der Waals surface area contributed by atoms with Gasteiger partial charge in [0, 0.05) is 24.7 Å². The number of carboxylic acids is 2. The molecular weight excluding hydrogens is 508 g/mol. The summed E-state index contributed by atoms with van der Waals surface area (Å²) >= 11 is 1.19. The molecule has 182 valence electrons. The molecule has 13 nitrogen and oxygen atoms in total. The number of amides is 3. The molecule has 1 fully saturated rings. The minimum Gasteiger partial charge on any atom is -0.548 e. The van der Waals surface area contributed by atoms with Crippen molar-refractivity contribution >= 4 is 47.6 Å². The van der Waals surface area contributed by atoms with Crippen LogP contribution in [-0.2, 0) is 33.4 Å². The second kappa shape index (κ2) is 15.7. The number of carbonyl (C=O) groups is 6. The number of esters is 1. The average Bonchev–Trinajstić information content (AvgIpc) is 2.74. The first-order valence-electron chi connectivity index (χ1n) is 10.0. The normalized spacial score (nSPS) is 19.0. The van der Waals surface area contributed by atoms with E-state index < -0.39 is 53.3 Å². The minimum atomic E-state index is -1.59. The number of ether oxygens (including phenoxy) is 2. The first-order chi connectivity index (χ1) is 15.6. The van der Waals surface area contributed by atoms with E-state index in [1.807, 2.05) is 0 Å². The SMILES string of the molecule is CCOC(=O)NC(CCCC(=O)NC1C(=O)N2C(C(=O)[O-])=C(COC(C)=O)CS[C@@H]12)C(=O)[O-].[Na+].[Na+]. The van der Waals surface area contributed by atoms with Gasteiger partial charge in [0.15, 0.2) is 0 Å². The van der Waals surface area contributed by atoms with Gasteiger partial charge in [0.05, 0.1) is 30.3 Å². The van der Waals surface area contributed by atoms with Crippen molar-refractivity contribution in [3.63, 3.8) is 0 Å². The number of hydrogen-bond acceptors (Lipinski definition) is 11. The van der Waals surface area contributed by atoms with Crippen molar-refractivity contribution in [2.24, 2.45) is 0 Å². The Hall–Kier alpha value is -1.29. The number of aliphatic carboxylic acids is 2. The summed E-state index contributed by atoms with van der Waals surface area (Å²) in [5.74, 6) is -4.78. The molecule has 16 heteroatoms. The van der Waals surface area contributed by atoms with E-state index >= 15 is 0 Å². The third-order valence-electron chi connectivity index (χ3n) is 4.76. The number of alkyl carbamates (subject to hydrolysis) is 1. The predicted octanol–water partition coefficient (Wildman–Crippen LogP) is -9.00. The summed E-state index contributed by atoms with van der Waals surface area (Å²) in [4.78, 5) is 70.8. The van der Waals surface area contributed by atoms with E-state index in [0.717, 1.165) is 4.90 Å². The van der Waals surface area contributed by atoms with Crippen LogP contribution in [0.5, 0.6) is 0 Å². The molecule has 0 bridgehead atoms. The molecule has 2 N–H and O–H groups in total. The van der Waals surface area contributed by atoms with Gasteiger partial charge >= 0.3 is 71.2 Å². The van der Waals surface area contributed by atoms with Crippen LogP contribution in [0.1, 0.15) is 33.1 Å². The molecule has 0 spiro atoms. The van der Waals surface area contributed by atoms with Crippen LogP contribution in [0.4, 0.5) is 4.79 Å². The van der Waals surface area contributed by atoms with Gasteiger partial charge in [-0.2, -0.15) is 0 Å². The minimum absolute atomic E-state index is 0. The zero-order chi connectivity index (χ0) is 24.7. The molecule has 0 aromatic rings. The van der Waals surface area contributed by atoms with Crippen molar-refractivity contribution in [2.45, 2.75) is 50.6 Å². The van der Waals surface area contributed by atoms with Gasteiger partial charge in [0.1, 0.15) is 18.0 Å². The molecule has 1 saturated heterocycles. The molecule has 0 saturated carbocycles. The molecule has 2 unspecified atom stereocenters. The molecule has 3 amide bonds. The quantitative estimate of drug-likeness (QED) is 0.146. The van der Waals surface area contributed by atoms with Crippen LogP contribution >= 0.6 is 11.8 Å². The van der Waals surface area contributed by atoms with Gasteiger partial charge in [0.2, 0.25) is 5.91 Å². The standard InChI is InChI=1S/C19H25N3O10S.2Na/c1-3-31-19(30)20-11(17(26)27)5-4-6-12(24)21-13-15(25)22-14(18(28)29)10(7-32-9(2)23)8-33-16(13)22;;/h11,13,16H,3-8H2,1-2H3,(H,20,30)(H,21,24)(H,26,27)(H,28,29);;/q;2*+1/p-2/t11?,13?,16-;;/m0../s1. The summed E-state index contributed by atoms with van der Waals surface area (Å²) in [6.45, 7) is 2.48. The Bertz CT molecular complexity index is 885. The van der Waals surface area contributed by atoms with Gasteiger partial charge < -0.3 is 39.9 Å². The monoisotopic (exact) mass is 531 g/mol. The molecule has 3 atom stereocenters. The first-order valence-corrected chi connectivity index (χ1v) is 11.1. The third-order valence-corrected chi connectivity index (χ3v) is 6.10. The van der Waals surface area contributed by atoms with Crippen molar-refractivity contribution in [1.82, 2.24) is 15.5 Å². The molecule has 2 aliphatic heterocycles. The van der Waals surface area contributed by atoms with Gasteiger partial charge in [-0.15, -0.1) is 11.8 Å². The van der Waals surface area contributed by atoms with E-state index in [-0.39, 0.29) is 109 Å². The van der Waals surface area contributed by atoms with Crippen LogP contribution in [0.25, 0.3) is 0 Å². The Labute approximate surface area is 249 Å². The first kappa shape index (κ1) is 33.7. The maximum atomic E-state index is 12.5. The van der Waals surface area contributed by atoms with Crippen molar-refractivity contribution in [1.29, 1.82) is 0 Å². The van der Waals surface area contributed by atoms with E-state index in [0.29, 0.717) is 0 Å². The number of nitrogens with one attached hydrogen (secondary N) is 2. The Morgan fingerprint density at radius 1 is 1.17 bits per heavy atom. The average molecular weight is 531 g/mol. The fraction of sp³-hybridized carbons (Fsp3) is 0.579. The van der Waals surface area contributed by atoms with E-state index in [9.17, 15) is 39.0 Å². The van der Waals surface area contributed by atoms with Crippen molar-refractivity contribution in [2.75, 3.05) is 19.0 Å². The van der Waals surface area contributed by atoms with Gasteiger partial charge in [-0.1, -0.05) is 0 Å². The zero-order valence-corrected chi connectivity index (χ0v) is 24.7. The van der Waals surface area contributed by atoms with Crippen molar-refractivity contribution < 1.29 is 108 Å². The molecule has 2 aliphatic rings. The molecule has 0 aromatic heterocycles. The molecule has 0 aliphatic carbocycles. The molecule has 2 rings (SSSR count). The number of carboxylic acid groups (broad SMARTS) is 2. The largest absolute Gasteiger partial charge is 1.00 e. The fourth-order valence-corrected chi connectivity index (χ4v) is 4.58. The van der Waals surface area contributed by atoms with E-state index in [1.54, 1.807) is 6.92 Å². The summed E-state index contributed by atoms with van der Waals surface area (Å²) in [5.41, 5.74) is -0.163. The smallest absolute Gasteiger partial charge is 0.548 e. The Kier molecular flexibility index (Phi) is 15.2. The van der Waals surface area contributed by atoms with Crippen LogP contribution in [0.2, 0.25) is 0 Å². The second-order valence-corrected chi connectivity index (χ2v) is 8.21. The number of hydrogen-bond donors (Lipinski definition) is 2. The molecule has 35 heavy (non-hydrogen) atoms. The molecular formula is C19H23N3Na2O10S. The maximum absolute atomic E-state index is 12.5. The number of carbonyl (C=O) groups excluding carboxylic acids is 6. The van der Waals surface area contributed by atoms with Gasteiger partial charge in [-0.3, -0.25) is 19.3 Å². The van der Waals surface area contributed by atoms with Crippen LogP contribution in [0.15, 0.2) is 11.3 Å². The van der Waals surface area contributed by atoms with Crippen LogP contribution in [0, 0.1) is 0 Å². The van der Waals surface area contributed by atoms with Gasteiger partial charge in [0.25, 0.3) is 5.91 Å². The van der Waals surface area contributed by atoms with Crippen LogP contribution < -0.4 is 80.0 Å². The number of thioether (sulfide) groups is 1. The van der Waals surface area contributed by atoms with E-state index in [2.05, 4.69) is 15.4 Å². The van der Waals surface area contributed by atoms with E-state index in [4.69, 9.17) is 4.74 Å². The number of nitrogens with zero attached hydrogens (tertiary/aromatic N) is 1. The number of rotatable bonds is 11. The molecule has 0 aromatic carbocycles. The molecule has 0 radical (unpaired) electrons. The summed E-state index contributed by atoms with van der Waals surface area (Å²) < 4.78 is 9.43. The molecule has 2 heterocycles. The van der Waals surface area contributed by atoms with Gasteiger partial charge in [-0.25, -0.2) is 4.79 Å². The van der Waals surface area contributed by atoms with E-state index in [1.165, 1.54) is 18.7 Å². The Morgan fingerprint density at radius 2 is 1.83 bits per heavy atom. The zero-order valence-electron chi connectivity index (χ0n) is 19.9. The summed E-state index contributed by atoms with van der Waals surface area (Å²) in [6.07, 6.45) is -1.10. The van der Waals surface area contributed by atoms with Gasteiger partial charge in [-0.05, 0) is 19.8 Å². The third kappa shape index (κ3) is 9.26. The summed E-state index contributed by atoms with van der Waals surface area (Å²) in [7, 11) is 0. The fourth-order valence-electron chi connectivity index (χ4n) is 3.25. The van der Waals surface area contributed by atoms with Crippen LogP contribution in [-0.4, -0.2) is 77.1 Å². The Morgan fingerprint density at radius 3 is 2.37 bits per heavy atom. The maximum Gasteiger partial charge on any atom is 1.00 e. The topological polar surface area (TPSA) is 194 Å². The predicted molar refractivity (Wildman–Crippen MR) is 106 cm³/mol. The van der Waals surface area contributed by atoms with Crippen molar-refractivity contribution in [3.8, 4) is 0 Å². The second-order valence-electron chi connectivity index (χ2n) is 7.10. The summed E-state index contributed by atoms with van der Waals surface area (Å²) in [5, 5.41) is 26.6. The van der Waals surface area contributed by atoms with Crippen LogP contribution in [0.3, 0.4) is 0 Å².